The van der Waals surface area contributed by atoms with Gasteiger partial charge in [-0.3, -0.25) is 0 Å². The average molecular weight is 377 g/mol. The number of hydrogen-bond donors (Lipinski definition) is 0. The number of sulfonamides is 1. The molecule has 1 aromatic heterocycles. The SMILES string of the molecule is Cc1ccc(O[C@@H]2CCCN(S(=O)(=O)CCOc3ccccc3)C2)nn1. The number of nitrogens with zero attached hydrogens (tertiary/aromatic N) is 3. The zero-order valence-corrected chi connectivity index (χ0v) is 15.6. The molecule has 26 heavy (non-hydrogen) atoms. The molecule has 0 unspecified atom stereocenters. The van der Waals surface area contributed by atoms with Crippen molar-refractivity contribution in [2.45, 2.75) is 25.9 Å². The third-order valence-electron chi connectivity index (χ3n) is 4.15. The molecule has 8 heteroatoms. The van der Waals surface area contributed by atoms with Crippen molar-refractivity contribution in [2.24, 2.45) is 0 Å². The zero-order valence-electron chi connectivity index (χ0n) is 14.7. The van der Waals surface area contributed by atoms with Crippen LogP contribution in [0.25, 0.3) is 0 Å². The molecule has 1 aliphatic heterocycles. The van der Waals surface area contributed by atoms with Gasteiger partial charge >= 0.3 is 0 Å². The standard InChI is InChI=1S/C18H23N3O4S/c1-15-9-10-18(20-19-15)25-17-8-5-11-21(14-17)26(22,23)13-12-24-16-6-3-2-4-7-16/h2-4,6-7,9-10,17H,5,8,11-14H2,1H3/t17-/m1/s1. The van der Waals surface area contributed by atoms with Crippen molar-refractivity contribution in [1.82, 2.24) is 14.5 Å². The summed E-state index contributed by atoms with van der Waals surface area (Å²) in [5, 5.41) is 7.94. The Balaban J connectivity index is 1.52. The molecule has 140 valence electrons. The molecule has 0 radical (unpaired) electrons. The van der Waals surface area contributed by atoms with Gasteiger partial charge in [-0.1, -0.05) is 18.2 Å². The van der Waals surface area contributed by atoms with Gasteiger partial charge in [0.2, 0.25) is 15.9 Å². The quantitative estimate of drug-likeness (QED) is 0.734. The number of benzene rings is 1. The van der Waals surface area contributed by atoms with Crippen LogP contribution in [0.3, 0.4) is 0 Å². The van der Waals surface area contributed by atoms with Crippen molar-refractivity contribution in [3.63, 3.8) is 0 Å². The van der Waals surface area contributed by atoms with Crippen LogP contribution in [0.4, 0.5) is 0 Å². The van der Waals surface area contributed by atoms with E-state index < -0.39 is 10.0 Å². The van der Waals surface area contributed by atoms with Crippen molar-refractivity contribution < 1.29 is 17.9 Å². The van der Waals surface area contributed by atoms with Crippen molar-refractivity contribution in [2.75, 3.05) is 25.4 Å². The molecule has 1 saturated heterocycles. The third kappa shape index (κ3) is 5.15. The molecule has 1 aliphatic rings. The number of aromatic nitrogens is 2. The molecule has 1 fully saturated rings. The van der Waals surface area contributed by atoms with E-state index in [0.717, 1.165) is 18.5 Å². The van der Waals surface area contributed by atoms with Crippen LogP contribution in [0.5, 0.6) is 11.6 Å². The fourth-order valence-corrected chi connectivity index (χ4v) is 4.14. The van der Waals surface area contributed by atoms with Gasteiger partial charge in [0.1, 0.15) is 18.5 Å². The van der Waals surface area contributed by atoms with E-state index in [1.807, 2.05) is 31.2 Å². The lowest BCUT2D eigenvalue weighted by atomic mass is 10.1. The van der Waals surface area contributed by atoms with Gasteiger partial charge in [-0.25, -0.2) is 8.42 Å². The Morgan fingerprint density at radius 1 is 1.15 bits per heavy atom. The maximum Gasteiger partial charge on any atom is 0.233 e. The van der Waals surface area contributed by atoms with Crippen molar-refractivity contribution in [1.29, 1.82) is 0 Å². The Hall–Kier alpha value is -2.19. The Bertz CT molecular complexity index is 797. The van der Waals surface area contributed by atoms with Crippen LogP contribution >= 0.6 is 0 Å². The molecule has 0 spiro atoms. The van der Waals surface area contributed by atoms with Crippen LogP contribution in [-0.2, 0) is 10.0 Å². The Labute approximate surface area is 154 Å². The van der Waals surface area contributed by atoms with Crippen LogP contribution in [0.1, 0.15) is 18.5 Å². The van der Waals surface area contributed by atoms with Crippen molar-refractivity contribution in [3.8, 4) is 11.6 Å². The second kappa shape index (κ2) is 8.46. The second-order valence-electron chi connectivity index (χ2n) is 6.23. The van der Waals surface area contributed by atoms with Crippen molar-refractivity contribution in [3.05, 3.63) is 48.2 Å². The number of para-hydroxylation sites is 1. The van der Waals surface area contributed by atoms with Gasteiger partial charge in [0, 0.05) is 12.6 Å². The lowest BCUT2D eigenvalue weighted by molar-refractivity contribution is 0.123. The molecule has 0 aliphatic carbocycles. The highest BCUT2D eigenvalue weighted by Gasteiger charge is 2.30. The molecule has 0 amide bonds. The van der Waals surface area contributed by atoms with Gasteiger partial charge in [-0.15, -0.1) is 5.10 Å². The van der Waals surface area contributed by atoms with E-state index in [9.17, 15) is 8.42 Å². The highest BCUT2D eigenvalue weighted by atomic mass is 32.2. The van der Waals surface area contributed by atoms with Gasteiger partial charge in [0.15, 0.2) is 0 Å². The molecular formula is C18H23N3O4S. The number of hydrogen-bond acceptors (Lipinski definition) is 6. The maximum absolute atomic E-state index is 12.6. The molecule has 2 heterocycles. The Morgan fingerprint density at radius 3 is 2.69 bits per heavy atom. The van der Waals surface area contributed by atoms with Gasteiger partial charge in [0.05, 0.1) is 18.0 Å². The molecule has 0 saturated carbocycles. The minimum Gasteiger partial charge on any atom is -0.492 e. The highest BCUT2D eigenvalue weighted by molar-refractivity contribution is 7.89. The first kappa shape index (κ1) is 18.6. The van der Waals surface area contributed by atoms with Crippen LogP contribution in [0.2, 0.25) is 0 Å². The summed E-state index contributed by atoms with van der Waals surface area (Å²) >= 11 is 0. The fraction of sp³-hybridized carbons (Fsp3) is 0.444. The Morgan fingerprint density at radius 2 is 1.96 bits per heavy atom. The summed E-state index contributed by atoms with van der Waals surface area (Å²) in [5.74, 6) is 1.03. The monoisotopic (exact) mass is 377 g/mol. The molecule has 1 atom stereocenters. The summed E-state index contributed by atoms with van der Waals surface area (Å²) in [5.41, 5.74) is 0.809. The van der Waals surface area contributed by atoms with Gasteiger partial charge in [-0.05, 0) is 38.0 Å². The number of aryl methyl sites for hydroxylation is 1. The van der Waals surface area contributed by atoms with Crippen LogP contribution in [-0.4, -0.2) is 54.5 Å². The molecule has 0 bridgehead atoms. The first-order valence-corrected chi connectivity index (χ1v) is 10.3. The average Bonchev–Trinajstić information content (AvgIpc) is 2.65. The predicted octanol–water partition coefficient (Wildman–Crippen LogP) is 2.04. The van der Waals surface area contributed by atoms with Gasteiger partial charge in [0.25, 0.3) is 0 Å². The summed E-state index contributed by atoms with van der Waals surface area (Å²) in [7, 11) is -3.39. The lowest BCUT2D eigenvalue weighted by Gasteiger charge is -2.31. The van der Waals surface area contributed by atoms with Crippen LogP contribution < -0.4 is 9.47 Å². The maximum atomic E-state index is 12.6. The van der Waals surface area contributed by atoms with Gasteiger partial charge < -0.3 is 9.47 Å². The number of ether oxygens (including phenoxy) is 2. The fourth-order valence-electron chi connectivity index (χ4n) is 2.78. The molecule has 1 aromatic carbocycles. The summed E-state index contributed by atoms with van der Waals surface area (Å²) in [6.45, 7) is 2.80. The van der Waals surface area contributed by atoms with E-state index in [0.29, 0.717) is 24.7 Å². The minimum atomic E-state index is -3.39. The second-order valence-corrected chi connectivity index (χ2v) is 8.32. The van der Waals surface area contributed by atoms with E-state index >= 15 is 0 Å². The molecular weight excluding hydrogens is 354 g/mol. The molecule has 3 rings (SSSR count). The summed E-state index contributed by atoms with van der Waals surface area (Å²) < 4.78 is 38.0. The number of piperidine rings is 1. The molecule has 7 nitrogen and oxygen atoms in total. The topological polar surface area (TPSA) is 81.6 Å². The van der Waals surface area contributed by atoms with Crippen LogP contribution in [0.15, 0.2) is 42.5 Å². The number of rotatable bonds is 7. The third-order valence-corrected chi connectivity index (χ3v) is 5.95. The summed E-state index contributed by atoms with van der Waals surface area (Å²) in [4.78, 5) is 0. The van der Waals surface area contributed by atoms with E-state index in [1.54, 1.807) is 18.2 Å². The normalized spacial score (nSPS) is 18.4. The van der Waals surface area contributed by atoms with E-state index in [-0.39, 0.29) is 18.5 Å². The molecule has 2 aromatic rings. The van der Waals surface area contributed by atoms with Crippen LogP contribution in [0, 0.1) is 6.92 Å². The first-order valence-electron chi connectivity index (χ1n) is 8.65. The first-order chi connectivity index (χ1) is 12.5. The smallest absolute Gasteiger partial charge is 0.233 e. The largest absolute Gasteiger partial charge is 0.492 e. The van der Waals surface area contributed by atoms with E-state index in [1.165, 1.54) is 4.31 Å². The zero-order chi connectivity index (χ0) is 18.4. The van der Waals surface area contributed by atoms with Gasteiger partial charge in [-0.2, -0.15) is 9.40 Å². The Kier molecular flexibility index (Phi) is 6.05. The predicted molar refractivity (Wildman–Crippen MR) is 97.7 cm³/mol. The summed E-state index contributed by atoms with van der Waals surface area (Å²) in [6, 6.07) is 12.8. The highest BCUT2D eigenvalue weighted by Crippen LogP contribution is 2.19. The van der Waals surface area contributed by atoms with Crippen molar-refractivity contribution >= 4 is 10.0 Å². The summed E-state index contributed by atoms with van der Waals surface area (Å²) in [6.07, 6.45) is 1.33. The minimum absolute atomic E-state index is 0.0566. The lowest BCUT2D eigenvalue weighted by Crippen LogP contribution is -2.45. The van der Waals surface area contributed by atoms with E-state index in [2.05, 4.69) is 10.2 Å². The molecule has 0 N–H and O–H groups in total. The van der Waals surface area contributed by atoms with E-state index in [4.69, 9.17) is 9.47 Å².